The van der Waals surface area contributed by atoms with E-state index in [-0.39, 0.29) is 5.91 Å². The molecule has 0 aliphatic heterocycles. The third kappa shape index (κ3) is 3.29. The molecule has 0 saturated heterocycles. The first-order valence-electron chi connectivity index (χ1n) is 5.46. The van der Waals surface area contributed by atoms with Gasteiger partial charge in [-0.05, 0) is 38.5 Å². The SMILES string of the molecule is CC1CCC(CNC(=O)C(C)(C)N)C1. The fraction of sp³-hybridized carbons (Fsp3) is 0.909. The molecule has 0 aromatic carbocycles. The second kappa shape index (κ2) is 4.30. The minimum absolute atomic E-state index is 0.0444. The summed E-state index contributed by atoms with van der Waals surface area (Å²) in [5, 5.41) is 2.92. The number of hydrogen-bond acceptors (Lipinski definition) is 2. The highest BCUT2D eigenvalue weighted by Gasteiger charge is 2.25. The zero-order valence-corrected chi connectivity index (χ0v) is 9.47. The molecule has 1 saturated carbocycles. The van der Waals surface area contributed by atoms with Crippen molar-refractivity contribution in [2.24, 2.45) is 17.6 Å². The molecule has 0 heterocycles. The maximum Gasteiger partial charge on any atom is 0.239 e. The van der Waals surface area contributed by atoms with Crippen molar-refractivity contribution in [3.63, 3.8) is 0 Å². The average molecular weight is 198 g/mol. The highest BCUT2D eigenvalue weighted by molar-refractivity contribution is 5.84. The monoisotopic (exact) mass is 198 g/mol. The standard InChI is InChI=1S/C11H22N2O/c1-8-4-5-9(6-8)7-13-10(14)11(2,3)12/h8-9H,4-7,12H2,1-3H3,(H,13,14). The van der Waals surface area contributed by atoms with Crippen molar-refractivity contribution in [1.82, 2.24) is 5.32 Å². The van der Waals surface area contributed by atoms with E-state index in [1.54, 1.807) is 13.8 Å². The zero-order valence-electron chi connectivity index (χ0n) is 9.47. The first kappa shape index (κ1) is 11.5. The molecule has 0 radical (unpaired) electrons. The fourth-order valence-corrected chi connectivity index (χ4v) is 1.98. The van der Waals surface area contributed by atoms with Crippen LogP contribution in [0.15, 0.2) is 0 Å². The van der Waals surface area contributed by atoms with Gasteiger partial charge < -0.3 is 11.1 Å². The highest BCUT2D eigenvalue weighted by Crippen LogP contribution is 2.29. The number of hydrogen-bond donors (Lipinski definition) is 2. The van der Waals surface area contributed by atoms with E-state index in [1.165, 1.54) is 19.3 Å². The summed E-state index contributed by atoms with van der Waals surface area (Å²) >= 11 is 0. The van der Waals surface area contributed by atoms with Gasteiger partial charge in [-0.2, -0.15) is 0 Å². The molecule has 0 aromatic heterocycles. The molecule has 82 valence electrons. The Morgan fingerprint density at radius 3 is 2.57 bits per heavy atom. The third-order valence-corrected chi connectivity index (χ3v) is 2.94. The minimum atomic E-state index is -0.746. The van der Waals surface area contributed by atoms with Gasteiger partial charge in [-0.1, -0.05) is 13.3 Å². The Morgan fingerprint density at radius 1 is 1.50 bits per heavy atom. The molecule has 0 bridgehead atoms. The molecule has 1 amide bonds. The molecule has 1 aliphatic carbocycles. The molecule has 14 heavy (non-hydrogen) atoms. The van der Waals surface area contributed by atoms with Crippen LogP contribution >= 0.6 is 0 Å². The van der Waals surface area contributed by atoms with Crippen LogP contribution in [0, 0.1) is 11.8 Å². The predicted octanol–water partition coefficient (Wildman–Crippen LogP) is 1.28. The fourth-order valence-electron chi connectivity index (χ4n) is 1.98. The second-order valence-corrected chi connectivity index (χ2v) is 5.22. The van der Waals surface area contributed by atoms with Crippen molar-refractivity contribution in [2.45, 2.75) is 45.6 Å². The van der Waals surface area contributed by atoms with Gasteiger partial charge in [0, 0.05) is 6.54 Å². The van der Waals surface area contributed by atoms with Gasteiger partial charge in [-0.3, -0.25) is 4.79 Å². The first-order valence-corrected chi connectivity index (χ1v) is 5.46. The summed E-state index contributed by atoms with van der Waals surface area (Å²) in [7, 11) is 0. The van der Waals surface area contributed by atoms with Gasteiger partial charge in [-0.15, -0.1) is 0 Å². The van der Waals surface area contributed by atoms with Crippen molar-refractivity contribution in [1.29, 1.82) is 0 Å². The molecule has 1 rings (SSSR count). The van der Waals surface area contributed by atoms with Gasteiger partial charge in [-0.25, -0.2) is 0 Å². The lowest BCUT2D eigenvalue weighted by atomic mass is 10.0. The largest absolute Gasteiger partial charge is 0.354 e. The summed E-state index contributed by atoms with van der Waals surface area (Å²) in [5.74, 6) is 1.44. The Bertz CT molecular complexity index is 208. The number of amides is 1. The smallest absolute Gasteiger partial charge is 0.239 e. The van der Waals surface area contributed by atoms with E-state index in [4.69, 9.17) is 5.73 Å². The topological polar surface area (TPSA) is 55.1 Å². The summed E-state index contributed by atoms with van der Waals surface area (Å²) < 4.78 is 0. The lowest BCUT2D eigenvalue weighted by Crippen LogP contribution is -2.50. The summed E-state index contributed by atoms with van der Waals surface area (Å²) in [5.41, 5.74) is 4.93. The molecule has 3 heteroatoms. The molecule has 2 atom stereocenters. The van der Waals surface area contributed by atoms with E-state index in [2.05, 4.69) is 12.2 Å². The van der Waals surface area contributed by atoms with Gasteiger partial charge in [0.2, 0.25) is 5.91 Å². The van der Waals surface area contributed by atoms with E-state index in [0.29, 0.717) is 5.92 Å². The molecule has 3 N–H and O–H groups in total. The lowest BCUT2D eigenvalue weighted by Gasteiger charge is -2.19. The Balaban J connectivity index is 2.24. The Kier molecular flexibility index (Phi) is 3.53. The van der Waals surface area contributed by atoms with Crippen LogP contribution in [0.2, 0.25) is 0 Å². The van der Waals surface area contributed by atoms with Crippen molar-refractivity contribution in [3.05, 3.63) is 0 Å². The molecule has 1 aliphatic rings. The molecule has 3 nitrogen and oxygen atoms in total. The first-order chi connectivity index (χ1) is 6.39. The summed E-state index contributed by atoms with van der Waals surface area (Å²) in [6, 6.07) is 0. The molecule has 1 fully saturated rings. The average Bonchev–Trinajstić information content (AvgIpc) is 2.45. The number of carbonyl (C=O) groups is 1. The van der Waals surface area contributed by atoms with Gasteiger partial charge in [0.15, 0.2) is 0 Å². The minimum Gasteiger partial charge on any atom is -0.354 e. The molecular formula is C11H22N2O. The predicted molar refractivity (Wildman–Crippen MR) is 57.8 cm³/mol. The Hall–Kier alpha value is -0.570. The van der Waals surface area contributed by atoms with Crippen LogP contribution < -0.4 is 11.1 Å². The number of nitrogens with two attached hydrogens (primary N) is 1. The van der Waals surface area contributed by atoms with Crippen molar-refractivity contribution in [3.8, 4) is 0 Å². The lowest BCUT2D eigenvalue weighted by molar-refractivity contribution is -0.125. The van der Waals surface area contributed by atoms with E-state index in [0.717, 1.165) is 12.5 Å². The van der Waals surface area contributed by atoms with Crippen LogP contribution in [0.1, 0.15) is 40.0 Å². The Morgan fingerprint density at radius 2 is 2.14 bits per heavy atom. The van der Waals surface area contributed by atoms with Crippen LogP contribution in [-0.4, -0.2) is 18.0 Å². The maximum atomic E-state index is 11.5. The Labute approximate surface area is 86.4 Å². The molecule has 0 spiro atoms. The van der Waals surface area contributed by atoms with Crippen molar-refractivity contribution in [2.75, 3.05) is 6.54 Å². The van der Waals surface area contributed by atoms with E-state index in [9.17, 15) is 4.79 Å². The van der Waals surface area contributed by atoms with Gasteiger partial charge in [0.1, 0.15) is 0 Å². The van der Waals surface area contributed by atoms with E-state index in [1.807, 2.05) is 0 Å². The normalized spacial score (nSPS) is 27.7. The summed E-state index contributed by atoms with van der Waals surface area (Å²) in [6.07, 6.45) is 3.78. The maximum absolute atomic E-state index is 11.5. The van der Waals surface area contributed by atoms with Crippen LogP contribution in [-0.2, 0) is 4.79 Å². The van der Waals surface area contributed by atoms with Crippen molar-refractivity contribution >= 4 is 5.91 Å². The van der Waals surface area contributed by atoms with Crippen LogP contribution in [0.4, 0.5) is 0 Å². The molecular weight excluding hydrogens is 176 g/mol. The number of carbonyl (C=O) groups excluding carboxylic acids is 1. The summed E-state index contributed by atoms with van der Waals surface area (Å²) in [6.45, 7) is 6.54. The van der Waals surface area contributed by atoms with Crippen LogP contribution in [0.3, 0.4) is 0 Å². The van der Waals surface area contributed by atoms with Crippen LogP contribution in [0.25, 0.3) is 0 Å². The second-order valence-electron chi connectivity index (χ2n) is 5.22. The van der Waals surface area contributed by atoms with E-state index >= 15 is 0 Å². The quantitative estimate of drug-likeness (QED) is 0.717. The van der Waals surface area contributed by atoms with Crippen molar-refractivity contribution < 1.29 is 4.79 Å². The third-order valence-electron chi connectivity index (χ3n) is 2.94. The van der Waals surface area contributed by atoms with Gasteiger partial charge in [0.25, 0.3) is 0 Å². The number of nitrogens with one attached hydrogen (secondary N) is 1. The number of rotatable bonds is 3. The van der Waals surface area contributed by atoms with Gasteiger partial charge >= 0.3 is 0 Å². The van der Waals surface area contributed by atoms with E-state index < -0.39 is 5.54 Å². The highest BCUT2D eigenvalue weighted by atomic mass is 16.2. The zero-order chi connectivity index (χ0) is 10.8. The molecule has 0 aromatic rings. The van der Waals surface area contributed by atoms with Gasteiger partial charge in [0.05, 0.1) is 5.54 Å². The molecule has 2 unspecified atom stereocenters. The van der Waals surface area contributed by atoms with Crippen LogP contribution in [0.5, 0.6) is 0 Å². The summed E-state index contributed by atoms with van der Waals surface area (Å²) in [4.78, 5) is 11.5.